The van der Waals surface area contributed by atoms with Crippen molar-refractivity contribution in [3.63, 3.8) is 0 Å². The molecule has 0 bridgehead atoms. The van der Waals surface area contributed by atoms with Gasteiger partial charge in [0.25, 0.3) is 0 Å². The molecule has 0 aromatic heterocycles. The van der Waals surface area contributed by atoms with Gasteiger partial charge in [-0.2, -0.15) is 0 Å². The van der Waals surface area contributed by atoms with E-state index in [2.05, 4.69) is 34.6 Å². The maximum Gasteiger partial charge on any atom is 0.203 e. The summed E-state index contributed by atoms with van der Waals surface area (Å²) in [5.41, 5.74) is -1.27. The fraction of sp³-hybridized carbons (Fsp3) is 1.00. The van der Waals surface area contributed by atoms with Crippen LogP contribution in [0.25, 0.3) is 0 Å². The van der Waals surface area contributed by atoms with Crippen molar-refractivity contribution in [3.05, 3.63) is 0 Å². The van der Waals surface area contributed by atoms with Crippen molar-refractivity contribution >= 4 is 0 Å². The van der Waals surface area contributed by atoms with Gasteiger partial charge in [0.05, 0.1) is 0 Å². The summed E-state index contributed by atoms with van der Waals surface area (Å²) in [6, 6.07) is 0. The minimum atomic E-state index is -1.45. The molecule has 1 aliphatic heterocycles. The summed E-state index contributed by atoms with van der Waals surface area (Å²) in [6.45, 7) is 20.5. The van der Waals surface area contributed by atoms with Crippen molar-refractivity contribution < 1.29 is 19.7 Å². The van der Waals surface area contributed by atoms with Gasteiger partial charge in [-0.15, -0.1) is 0 Å². The third kappa shape index (κ3) is 2.56. The molecular formula is C20H38O4. The summed E-state index contributed by atoms with van der Waals surface area (Å²) in [5.74, 6) is -2.21. The van der Waals surface area contributed by atoms with Gasteiger partial charge in [-0.05, 0) is 23.7 Å². The first kappa shape index (κ1) is 20.2. The summed E-state index contributed by atoms with van der Waals surface area (Å²) in [5, 5.41) is 22.7. The largest absolute Gasteiger partial charge is 0.387 e. The van der Waals surface area contributed by atoms with Crippen LogP contribution >= 0.6 is 0 Å². The molecule has 24 heavy (non-hydrogen) atoms. The lowest BCUT2D eigenvalue weighted by atomic mass is 9.76. The second-order valence-electron chi connectivity index (χ2n) is 10.8. The van der Waals surface area contributed by atoms with E-state index in [1.54, 1.807) is 0 Å². The summed E-state index contributed by atoms with van der Waals surface area (Å²) in [7, 11) is 0. The van der Waals surface area contributed by atoms with E-state index in [1.807, 2.05) is 34.6 Å². The van der Waals surface area contributed by atoms with Crippen LogP contribution in [0.2, 0.25) is 0 Å². The maximum atomic E-state index is 11.6. The van der Waals surface area contributed by atoms with Gasteiger partial charge in [0.15, 0.2) is 0 Å². The van der Waals surface area contributed by atoms with Crippen molar-refractivity contribution in [2.24, 2.45) is 28.1 Å². The van der Waals surface area contributed by atoms with Crippen molar-refractivity contribution in [2.75, 3.05) is 0 Å². The van der Waals surface area contributed by atoms with Crippen LogP contribution in [-0.2, 0) is 9.47 Å². The molecule has 1 aliphatic carbocycles. The molecule has 0 aromatic carbocycles. The van der Waals surface area contributed by atoms with Gasteiger partial charge in [0.1, 0.15) is 12.2 Å². The van der Waals surface area contributed by atoms with Crippen LogP contribution in [0.3, 0.4) is 0 Å². The number of ether oxygens (including phenoxy) is 2. The standard InChI is InChI=1S/C20H38O4/c1-12(2)13(3)14-19(22,16(4,5)6)24-20(23-14)15(21)17(7,8)11-18(20,9)10/h12-15,21-22H,11H2,1-10H3/t13-,14?,15?,19?,20?/m0/s1. The first-order chi connectivity index (χ1) is 10.5. The molecule has 1 saturated heterocycles. The zero-order chi connectivity index (χ0) is 18.9. The Morgan fingerprint density at radius 1 is 1.04 bits per heavy atom. The minimum absolute atomic E-state index is 0.0975. The molecule has 0 aromatic rings. The Bertz CT molecular complexity index is 490. The van der Waals surface area contributed by atoms with Gasteiger partial charge in [-0.25, -0.2) is 0 Å². The van der Waals surface area contributed by atoms with E-state index in [-0.39, 0.29) is 11.3 Å². The predicted molar refractivity (Wildman–Crippen MR) is 95.3 cm³/mol. The normalized spacial score (nSPS) is 42.9. The Hall–Kier alpha value is -0.160. The zero-order valence-electron chi connectivity index (χ0n) is 17.2. The van der Waals surface area contributed by atoms with E-state index in [4.69, 9.17) is 9.47 Å². The van der Waals surface area contributed by atoms with Crippen LogP contribution in [0, 0.1) is 28.1 Å². The summed E-state index contributed by atoms with van der Waals surface area (Å²) < 4.78 is 12.9. The molecule has 2 rings (SSSR count). The summed E-state index contributed by atoms with van der Waals surface area (Å²) >= 11 is 0. The summed E-state index contributed by atoms with van der Waals surface area (Å²) in [6.07, 6.45) is -0.511. The van der Waals surface area contributed by atoms with E-state index in [1.165, 1.54) is 0 Å². The Balaban J connectivity index is 2.57. The fourth-order valence-corrected chi connectivity index (χ4v) is 4.64. The fourth-order valence-electron chi connectivity index (χ4n) is 4.64. The third-order valence-electron chi connectivity index (χ3n) is 6.54. The van der Waals surface area contributed by atoms with Crippen LogP contribution in [0.1, 0.15) is 75.7 Å². The monoisotopic (exact) mass is 342 g/mol. The van der Waals surface area contributed by atoms with E-state index in [9.17, 15) is 10.2 Å². The topological polar surface area (TPSA) is 58.9 Å². The second-order valence-corrected chi connectivity index (χ2v) is 10.8. The van der Waals surface area contributed by atoms with Crippen molar-refractivity contribution in [1.29, 1.82) is 0 Å². The number of hydrogen-bond acceptors (Lipinski definition) is 4. The quantitative estimate of drug-likeness (QED) is 0.798. The highest BCUT2D eigenvalue weighted by molar-refractivity contribution is 5.14. The Morgan fingerprint density at radius 2 is 1.54 bits per heavy atom. The molecule has 1 heterocycles. The molecule has 4 nitrogen and oxygen atoms in total. The molecule has 0 radical (unpaired) electrons. The van der Waals surface area contributed by atoms with Gasteiger partial charge in [0, 0.05) is 10.8 Å². The number of hydrogen-bond donors (Lipinski definition) is 2. The van der Waals surface area contributed by atoms with E-state index in [0.717, 1.165) is 6.42 Å². The highest BCUT2D eigenvalue weighted by Gasteiger charge is 2.74. The molecule has 4 heteroatoms. The molecule has 2 fully saturated rings. The lowest BCUT2D eigenvalue weighted by molar-refractivity contribution is -0.330. The van der Waals surface area contributed by atoms with Crippen molar-refractivity contribution in [3.8, 4) is 0 Å². The van der Waals surface area contributed by atoms with Crippen LogP contribution in [0.15, 0.2) is 0 Å². The number of aliphatic hydroxyl groups is 2. The first-order valence-corrected chi connectivity index (χ1v) is 9.30. The highest BCUT2D eigenvalue weighted by atomic mass is 16.8. The molecule has 1 spiro atoms. The van der Waals surface area contributed by atoms with Crippen molar-refractivity contribution in [1.82, 2.24) is 0 Å². The molecule has 142 valence electrons. The smallest absolute Gasteiger partial charge is 0.203 e. The molecule has 2 N–H and O–H groups in total. The average Bonchev–Trinajstić information content (AvgIpc) is 2.77. The van der Waals surface area contributed by atoms with E-state index >= 15 is 0 Å². The van der Waals surface area contributed by atoms with Crippen LogP contribution in [-0.4, -0.2) is 34.0 Å². The lowest BCUT2D eigenvalue weighted by Gasteiger charge is -2.43. The second kappa shape index (κ2) is 5.42. The molecular weight excluding hydrogens is 304 g/mol. The maximum absolute atomic E-state index is 11.6. The van der Waals surface area contributed by atoms with E-state index in [0.29, 0.717) is 5.92 Å². The third-order valence-corrected chi connectivity index (χ3v) is 6.54. The Kier molecular flexibility index (Phi) is 4.55. The predicted octanol–water partition coefficient (Wildman–Crippen LogP) is 3.94. The van der Waals surface area contributed by atoms with Gasteiger partial charge in [-0.3, -0.25) is 0 Å². The molecule has 4 unspecified atom stereocenters. The molecule has 0 amide bonds. The van der Waals surface area contributed by atoms with E-state index < -0.39 is 34.6 Å². The Morgan fingerprint density at radius 3 is 1.88 bits per heavy atom. The lowest BCUT2D eigenvalue weighted by Crippen LogP contribution is -2.56. The van der Waals surface area contributed by atoms with Crippen LogP contribution in [0.5, 0.6) is 0 Å². The van der Waals surface area contributed by atoms with Gasteiger partial charge >= 0.3 is 0 Å². The number of rotatable bonds is 2. The first-order valence-electron chi connectivity index (χ1n) is 9.30. The highest BCUT2D eigenvalue weighted by Crippen LogP contribution is 2.64. The summed E-state index contributed by atoms with van der Waals surface area (Å²) in [4.78, 5) is 0. The van der Waals surface area contributed by atoms with Gasteiger partial charge < -0.3 is 19.7 Å². The molecule has 2 aliphatic rings. The van der Waals surface area contributed by atoms with Crippen molar-refractivity contribution in [2.45, 2.75) is 99.4 Å². The van der Waals surface area contributed by atoms with Crippen LogP contribution in [0.4, 0.5) is 0 Å². The minimum Gasteiger partial charge on any atom is -0.387 e. The van der Waals surface area contributed by atoms with Crippen LogP contribution < -0.4 is 0 Å². The Labute approximate surface area is 147 Å². The van der Waals surface area contributed by atoms with Gasteiger partial charge in [0.2, 0.25) is 11.6 Å². The molecule has 5 atom stereocenters. The SMILES string of the molecule is CC(C)[C@H](C)C1OC2(OC1(O)C(C)(C)C)C(O)C(C)(C)CC2(C)C. The average molecular weight is 343 g/mol. The van der Waals surface area contributed by atoms with Gasteiger partial charge in [-0.1, -0.05) is 69.2 Å². The zero-order valence-corrected chi connectivity index (χ0v) is 17.2. The number of aliphatic hydroxyl groups excluding tert-OH is 1. The molecule has 1 saturated carbocycles.